The summed E-state index contributed by atoms with van der Waals surface area (Å²) in [6.45, 7) is 46.5. The Labute approximate surface area is 527 Å². The Morgan fingerprint density at radius 1 is 0.260 bits per heavy atom. The maximum Gasteiger partial charge on any atom is 2.00 e. The Bertz CT molecular complexity index is 2400. The van der Waals surface area contributed by atoms with E-state index in [9.17, 15) is 0 Å². The van der Waals surface area contributed by atoms with E-state index in [-0.39, 0.29) is 93.8 Å². The Kier molecular flexibility index (Phi) is 29.1. The molecule has 404 valence electrons. The zero-order valence-corrected chi connectivity index (χ0v) is 55.6. The molecule has 0 aliphatic carbocycles. The van der Waals surface area contributed by atoms with Gasteiger partial charge in [-0.15, -0.1) is 11.4 Å². The minimum atomic E-state index is -1.11. The van der Waals surface area contributed by atoms with Crippen molar-refractivity contribution in [3.8, 4) is 44.5 Å². The average Bonchev–Trinajstić information content (AvgIpc) is 3.18. The van der Waals surface area contributed by atoms with Gasteiger partial charge in [0, 0.05) is 0 Å². The van der Waals surface area contributed by atoms with Gasteiger partial charge in [-0.3, -0.25) is 0 Å². The summed E-state index contributed by atoms with van der Waals surface area (Å²) in [4.78, 5) is 0. The van der Waals surface area contributed by atoms with Gasteiger partial charge in [-0.1, -0.05) is 301 Å². The third-order valence-electron chi connectivity index (χ3n) is 10.5. The zero-order chi connectivity index (χ0) is 53.6. The van der Waals surface area contributed by atoms with E-state index in [1.54, 1.807) is 0 Å². The second kappa shape index (κ2) is 30.8. The van der Waals surface area contributed by atoms with Crippen LogP contribution in [0.1, 0.15) is 50.1 Å². The monoisotopic (exact) mass is 1360 g/mol. The molecule has 0 bridgehead atoms. The van der Waals surface area contributed by atoms with Crippen molar-refractivity contribution in [3.63, 3.8) is 0 Å². The van der Waals surface area contributed by atoms with Gasteiger partial charge in [-0.05, 0) is 107 Å². The molecular formula is C63H88N4Si4Yb2. The second-order valence-electron chi connectivity index (χ2n) is 23.5. The molecule has 10 heteroatoms. The smallest absolute Gasteiger partial charge is 0.698 e. The van der Waals surface area contributed by atoms with Gasteiger partial charge in [-0.2, -0.15) is 0 Å². The van der Waals surface area contributed by atoms with Crippen molar-refractivity contribution in [1.82, 2.24) is 0 Å². The van der Waals surface area contributed by atoms with E-state index in [1.807, 2.05) is 42.5 Å². The van der Waals surface area contributed by atoms with E-state index in [4.69, 9.17) is 20.8 Å². The Morgan fingerprint density at radius 3 is 0.589 bits per heavy atom. The van der Waals surface area contributed by atoms with Crippen molar-refractivity contribution in [2.75, 3.05) is 0 Å². The van der Waals surface area contributed by atoms with Crippen LogP contribution in [0.3, 0.4) is 0 Å². The maximum absolute atomic E-state index is 8.70. The first-order chi connectivity index (χ1) is 32.7. The third kappa shape index (κ3) is 26.7. The fraction of sp³-hybridized carbons (Fsp3) is 0.333. The summed E-state index contributed by atoms with van der Waals surface area (Å²) in [6, 6.07) is 48.5. The SMILES string of the molecule is C[Si](C)(C)[N-][Si](C)(C)C.C[Si](C)(C)[N-][Si](C)(C)C.Cc1cc(C)cc(-c2cccc(-c3cc(C)cc(C)c3)c2[NH-])c1.Cc1cc(C)cc(-c2cccc(-c3cc(C)cc(C)c3)c2[NH-])c1.Cc1ccccc1.[Yb+2].[Yb+2]. The van der Waals surface area contributed by atoms with Crippen LogP contribution in [0.15, 0.2) is 140 Å². The first-order valence-electron chi connectivity index (χ1n) is 25.2. The Hall–Kier alpha value is -2.03. The quantitative estimate of drug-likeness (QED) is 0.136. The van der Waals surface area contributed by atoms with Gasteiger partial charge >= 0.3 is 93.8 Å². The van der Waals surface area contributed by atoms with Crippen LogP contribution in [0.4, 0.5) is 11.4 Å². The summed E-state index contributed by atoms with van der Waals surface area (Å²) in [5.74, 6) is 0. The topological polar surface area (TPSA) is 75.8 Å². The first-order valence-corrected chi connectivity index (χ1v) is 39.0. The van der Waals surface area contributed by atoms with Gasteiger partial charge in [0.25, 0.3) is 0 Å². The van der Waals surface area contributed by atoms with Gasteiger partial charge in [0.1, 0.15) is 0 Å². The van der Waals surface area contributed by atoms with E-state index < -0.39 is 32.9 Å². The molecule has 0 saturated carbocycles. The number of aryl methyl sites for hydroxylation is 9. The predicted octanol–water partition coefficient (Wildman–Crippen LogP) is 21.9. The van der Waals surface area contributed by atoms with E-state index in [1.165, 1.54) is 50.1 Å². The molecule has 7 aromatic rings. The molecule has 2 N–H and O–H groups in total. The molecule has 0 atom stereocenters. The van der Waals surface area contributed by atoms with Crippen molar-refractivity contribution in [2.45, 2.75) is 141 Å². The van der Waals surface area contributed by atoms with Gasteiger partial charge in [-0.25, -0.2) is 0 Å². The van der Waals surface area contributed by atoms with Crippen LogP contribution in [0.25, 0.3) is 65.3 Å². The standard InChI is InChI=1S/2C22H22N.C7H8.2C6H18NSi2.2Yb/c2*1-14-8-15(2)11-18(10-14)20-6-5-7-21(22(20)23)19-12-16(3)9-17(4)13-19;1-7-5-3-2-4-6-7;2*1-8(2,3)7-9(4,5)6;;/h2*5-13,23H,1-4H3;2-6H,1H3;2*1-6H3;;/q2*-1;;2*-1;2*+2. The van der Waals surface area contributed by atoms with E-state index in [0.717, 1.165) is 44.5 Å². The van der Waals surface area contributed by atoms with Crippen LogP contribution >= 0.6 is 0 Å². The number of hydrogen-bond acceptors (Lipinski definition) is 0. The average molecular weight is 1360 g/mol. The molecule has 73 heavy (non-hydrogen) atoms. The van der Waals surface area contributed by atoms with E-state index in [2.05, 4.69) is 238 Å². The largest absolute Gasteiger partial charge is 2.00 e. The molecule has 0 aromatic heterocycles. The molecule has 0 heterocycles. The van der Waals surface area contributed by atoms with Crippen LogP contribution in [0, 0.1) is 156 Å². The molecule has 0 amide bonds. The minimum absolute atomic E-state index is 0. The van der Waals surface area contributed by atoms with Gasteiger partial charge < -0.3 is 20.8 Å². The van der Waals surface area contributed by atoms with Gasteiger partial charge in [0.15, 0.2) is 0 Å². The van der Waals surface area contributed by atoms with Gasteiger partial charge in [0.05, 0.1) is 0 Å². The normalized spacial score (nSPS) is 11.1. The van der Waals surface area contributed by atoms with Crippen LogP contribution in [0.2, 0.25) is 78.6 Å². The van der Waals surface area contributed by atoms with Crippen LogP contribution in [-0.2, 0) is 0 Å². The Morgan fingerprint density at radius 2 is 0.452 bits per heavy atom. The number of nitrogens with one attached hydrogen (secondary N) is 2. The van der Waals surface area contributed by atoms with Crippen molar-refractivity contribution in [3.05, 3.63) is 210 Å². The van der Waals surface area contributed by atoms with Crippen LogP contribution in [-0.4, -0.2) is 32.9 Å². The van der Waals surface area contributed by atoms with Gasteiger partial charge in [0.2, 0.25) is 0 Å². The van der Waals surface area contributed by atoms with E-state index in [0.29, 0.717) is 11.4 Å². The van der Waals surface area contributed by atoms with Crippen molar-refractivity contribution < 1.29 is 93.8 Å². The molecule has 0 saturated heterocycles. The summed E-state index contributed by atoms with van der Waals surface area (Å²) in [6.07, 6.45) is 0. The molecule has 0 aliphatic rings. The first kappa shape index (κ1) is 69.0. The number of benzene rings is 7. The molecule has 4 nitrogen and oxygen atoms in total. The zero-order valence-electron chi connectivity index (χ0n) is 48.2. The second-order valence-corrected chi connectivity index (χ2v) is 42.7. The fourth-order valence-electron chi connectivity index (χ4n) is 9.13. The van der Waals surface area contributed by atoms with Crippen LogP contribution in [0.5, 0.6) is 0 Å². The van der Waals surface area contributed by atoms with Crippen molar-refractivity contribution in [2.24, 2.45) is 0 Å². The summed E-state index contributed by atoms with van der Waals surface area (Å²) in [5.41, 5.74) is 38.3. The molecule has 0 spiro atoms. The van der Waals surface area contributed by atoms with E-state index >= 15 is 0 Å². The minimum Gasteiger partial charge on any atom is -0.698 e. The number of hydrogen-bond donors (Lipinski definition) is 0. The number of rotatable bonds is 8. The maximum atomic E-state index is 8.70. The summed E-state index contributed by atoms with van der Waals surface area (Å²) < 4.78 is 9.64. The molecule has 7 rings (SSSR count). The van der Waals surface area contributed by atoms with Crippen molar-refractivity contribution in [1.29, 1.82) is 0 Å². The molecule has 0 aliphatic heterocycles. The molecule has 0 unspecified atom stereocenters. The van der Waals surface area contributed by atoms with Crippen LogP contribution < -0.4 is 0 Å². The molecule has 0 fully saturated rings. The molecule has 7 aromatic carbocycles. The summed E-state index contributed by atoms with van der Waals surface area (Å²) >= 11 is 0. The predicted molar refractivity (Wildman–Crippen MR) is 332 cm³/mol. The molecule has 0 radical (unpaired) electrons. The summed E-state index contributed by atoms with van der Waals surface area (Å²) in [7, 11) is -4.42. The third-order valence-corrected chi connectivity index (χ3v) is 21.3. The molecular weight excluding hydrogens is 1270 g/mol. The number of nitrogens with zero attached hydrogens (tertiary/aromatic N) is 2. The Balaban J connectivity index is 0.000000495. The summed E-state index contributed by atoms with van der Waals surface area (Å²) in [5, 5.41) is 0. The fourth-order valence-corrected chi connectivity index (χ4v) is 25.2. The van der Waals surface area contributed by atoms with Crippen molar-refractivity contribution >= 4 is 44.3 Å².